The molecule has 1 rings (SSSR count). The second kappa shape index (κ2) is 10.1. The molecule has 2 N–H and O–H groups in total. The fourth-order valence-corrected chi connectivity index (χ4v) is 3.21. The maximum Gasteiger partial charge on any atom is 0.226 e. The lowest BCUT2D eigenvalue weighted by atomic mass is 9.94. The molecule has 1 fully saturated rings. The van der Waals surface area contributed by atoms with Crippen LogP contribution in [0.5, 0.6) is 0 Å². The quantitative estimate of drug-likeness (QED) is 0.658. The monoisotopic (exact) mass is 299 g/mol. The van der Waals surface area contributed by atoms with E-state index in [1.165, 1.54) is 0 Å². The second-order valence-electron chi connectivity index (χ2n) is 5.88. The molecule has 21 heavy (non-hydrogen) atoms. The lowest BCUT2D eigenvalue weighted by Gasteiger charge is -2.30. The lowest BCUT2D eigenvalue weighted by molar-refractivity contribution is -0.137. The highest BCUT2D eigenvalue weighted by Gasteiger charge is 2.34. The van der Waals surface area contributed by atoms with Crippen LogP contribution in [0, 0.1) is 11.8 Å². The van der Waals surface area contributed by atoms with Gasteiger partial charge in [0.25, 0.3) is 0 Å². The average molecular weight is 299 g/mol. The summed E-state index contributed by atoms with van der Waals surface area (Å²) in [6.45, 7) is 10.0. The van der Waals surface area contributed by atoms with E-state index in [0.717, 1.165) is 45.4 Å². The van der Waals surface area contributed by atoms with Crippen molar-refractivity contribution >= 4 is 5.91 Å². The number of carbonyl (C=O) groups is 1. The van der Waals surface area contributed by atoms with Crippen molar-refractivity contribution in [3.8, 4) is 0 Å². The van der Waals surface area contributed by atoms with Crippen molar-refractivity contribution < 1.29 is 9.53 Å². The standard InChI is InChI=1S/C16H33N3O2/c1-4-18(5-2)9-10-19(11-12-21-3)16(20)15-8-6-7-14(15)13-17/h14-15H,4-13,17H2,1-3H3/t14-,15-/m1/s1. The molecule has 2 atom stereocenters. The predicted molar refractivity (Wildman–Crippen MR) is 86.1 cm³/mol. The molecule has 5 nitrogen and oxygen atoms in total. The number of amides is 1. The molecule has 0 aromatic rings. The number of hydrogen-bond donors (Lipinski definition) is 1. The van der Waals surface area contributed by atoms with Crippen molar-refractivity contribution in [2.24, 2.45) is 17.6 Å². The Hall–Kier alpha value is -0.650. The number of hydrogen-bond acceptors (Lipinski definition) is 4. The normalized spacial score (nSPS) is 22.0. The van der Waals surface area contributed by atoms with Crippen LogP contribution < -0.4 is 5.73 Å². The number of nitrogens with zero attached hydrogens (tertiary/aromatic N) is 2. The van der Waals surface area contributed by atoms with Crippen LogP contribution in [0.3, 0.4) is 0 Å². The van der Waals surface area contributed by atoms with E-state index in [0.29, 0.717) is 25.6 Å². The highest BCUT2D eigenvalue weighted by Crippen LogP contribution is 2.32. The molecular formula is C16H33N3O2. The third kappa shape index (κ3) is 5.57. The fourth-order valence-electron chi connectivity index (χ4n) is 3.21. The first-order valence-electron chi connectivity index (χ1n) is 8.38. The van der Waals surface area contributed by atoms with Crippen LogP contribution in [0.1, 0.15) is 33.1 Å². The summed E-state index contributed by atoms with van der Waals surface area (Å²) in [5.41, 5.74) is 5.82. The summed E-state index contributed by atoms with van der Waals surface area (Å²) in [5, 5.41) is 0. The Morgan fingerprint density at radius 3 is 2.48 bits per heavy atom. The zero-order valence-electron chi connectivity index (χ0n) is 14.0. The first kappa shape index (κ1) is 18.4. The van der Waals surface area contributed by atoms with Crippen molar-refractivity contribution in [3.05, 3.63) is 0 Å². The van der Waals surface area contributed by atoms with Gasteiger partial charge >= 0.3 is 0 Å². The van der Waals surface area contributed by atoms with E-state index in [9.17, 15) is 4.79 Å². The fraction of sp³-hybridized carbons (Fsp3) is 0.938. The van der Waals surface area contributed by atoms with Gasteiger partial charge < -0.3 is 20.3 Å². The molecule has 0 radical (unpaired) electrons. The number of ether oxygens (including phenoxy) is 1. The summed E-state index contributed by atoms with van der Waals surface area (Å²) in [4.78, 5) is 17.1. The van der Waals surface area contributed by atoms with Gasteiger partial charge in [-0.15, -0.1) is 0 Å². The third-order valence-corrected chi connectivity index (χ3v) is 4.74. The highest BCUT2D eigenvalue weighted by molar-refractivity contribution is 5.79. The van der Waals surface area contributed by atoms with Gasteiger partial charge in [-0.2, -0.15) is 0 Å². The van der Waals surface area contributed by atoms with Crippen LogP contribution in [0.15, 0.2) is 0 Å². The zero-order chi connectivity index (χ0) is 15.7. The Labute approximate surface area is 129 Å². The Balaban J connectivity index is 2.60. The summed E-state index contributed by atoms with van der Waals surface area (Å²) in [6, 6.07) is 0. The number of carbonyl (C=O) groups excluding carboxylic acids is 1. The molecule has 5 heteroatoms. The molecule has 1 amide bonds. The molecule has 0 heterocycles. The Morgan fingerprint density at radius 1 is 1.19 bits per heavy atom. The van der Waals surface area contributed by atoms with Crippen LogP contribution >= 0.6 is 0 Å². The first-order chi connectivity index (χ1) is 10.2. The van der Waals surface area contributed by atoms with Crippen LogP contribution in [0.25, 0.3) is 0 Å². The number of methoxy groups -OCH3 is 1. The van der Waals surface area contributed by atoms with Crippen LogP contribution in [0.2, 0.25) is 0 Å². The number of likely N-dealkylation sites (N-methyl/N-ethyl adjacent to an activating group) is 1. The molecule has 1 aliphatic rings. The van der Waals surface area contributed by atoms with E-state index in [4.69, 9.17) is 10.5 Å². The van der Waals surface area contributed by atoms with E-state index in [1.54, 1.807) is 7.11 Å². The van der Waals surface area contributed by atoms with Gasteiger partial charge in [-0.05, 0) is 38.4 Å². The number of nitrogens with two attached hydrogens (primary N) is 1. The van der Waals surface area contributed by atoms with Crippen molar-refractivity contribution in [2.45, 2.75) is 33.1 Å². The molecule has 1 saturated carbocycles. The Kier molecular flexibility index (Phi) is 8.88. The molecule has 1 aliphatic carbocycles. The average Bonchev–Trinajstić information content (AvgIpc) is 2.99. The minimum atomic E-state index is 0.128. The zero-order valence-corrected chi connectivity index (χ0v) is 14.0. The maximum absolute atomic E-state index is 12.8. The van der Waals surface area contributed by atoms with Crippen molar-refractivity contribution in [3.63, 3.8) is 0 Å². The van der Waals surface area contributed by atoms with Gasteiger partial charge in [0.1, 0.15) is 0 Å². The van der Waals surface area contributed by atoms with Crippen LogP contribution in [0.4, 0.5) is 0 Å². The third-order valence-electron chi connectivity index (χ3n) is 4.74. The second-order valence-corrected chi connectivity index (χ2v) is 5.88. The van der Waals surface area contributed by atoms with Gasteiger partial charge in [-0.1, -0.05) is 20.3 Å². The van der Waals surface area contributed by atoms with Crippen molar-refractivity contribution in [1.82, 2.24) is 9.80 Å². The van der Waals surface area contributed by atoms with Crippen molar-refractivity contribution in [2.75, 3.05) is 53.0 Å². The molecule has 0 aromatic carbocycles. The lowest BCUT2D eigenvalue weighted by Crippen LogP contribution is -2.44. The molecule has 0 saturated heterocycles. The Bertz CT molecular complexity index is 295. The number of rotatable bonds is 10. The molecule has 0 bridgehead atoms. The minimum absolute atomic E-state index is 0.128. The summed E-state index contributed by atoms with van der Waals surface area (Å²) in [5.74, 6) is 0.784. The summed E-state index contributed by atoms with van der Waals surface area (Å²) in [7, 11) is 1.69. The largest absolute Gasteiger partial charge is 0.383 e. The van der Waals surface area contributed by atoms with E-state index >= 15 is 0 Å². The smallest absolute Gasteiger partial charge is 0.226 e. The first-order valence-corrected chi connectivity index (χ1v) is 8.38. The SMILES string of the molecule is CCN(CC)CCN(CCOC)C(=O)[C@@H]1CCC[C@@H]1CN. The van der Waals surface area contributed by atoms with Gasteiger partial charge in [-0.3, -0.25) is 4.79 Å². The molecular weight excluding hydrogens is 266 g/mol. The van der Waals surface area contributed by atoms with Crippen LogP contribution in [-0.4, -0.2) is 68.7 Å². The maximum atomic E-state index is 12.8. The highest BCUT2D eigenvalue weighted by atomic mass is 16.5. The van der Waals surface area contributed by atoms with E-state index in [-0.39, 0.29) is 11.8 Å². The molecule has 0 aliphatic heterocycles. The molecule has 0 spiro atoms. The van der Waals surface area contributed by atoms with Gasteiger partial charge in [0.2, 0.25) is 5.91 Å². The molecule has 0 aromatic heterocycles. The van der Waals surface area contributed by atoms with Gasteiger partial charge in [0.05, 0.1) is 6.61 Å². The van der Waals surface area contributed by atoms with E-state index in [1.807, 2.05) is 4.90 Å². The van der Waals surface area contributed by atoms with E-state index < -0.39 is 0 Å². The topological polar surface area (TPSA) is 58.8 Å². The van der Waals surface area contributed by atoms with Gasteiger partial charge in [0, 0.05) is 32.7 Å². The predicted octanol–water partition coefficient (Wildman–Crippen LogP) is 1.18. The molecule has 0 unspecified atom stereocenters. The van der Waals surface area contributed by atoms with E-state index in [2.05, 4.69) is 18.7 Å². The van der Waals surface area contributed by atoms with Crippen LogP contribution in [-0.2, 0) is 9.53 Å². The van der Waals surface area contributed by atoms with Gasteiger partial charge in [0.15, 0.2) is 0 Å². The van der Waals surface area contributed by atoms with Crippen molar-refractivity contribution in [1.29, 1.82) is 0 Å². The summed E-state index contributed by atoms with van der Waals surface area (Å²) >= 11 is 0. The molecule has 124 valence electrons. The summed E-state index contributed by atoms with van der Waals surface area (Å²) < 4.78 is 5.17. The minimum Gasteiger partial charge on any atom is -0.383 e. The Morgan fingerprint density at radius 2 is 1.90 bits per heavy atom. The summed E-state index contributed by atoms with van der Waals surface area (Å²) in [6.07, 6.45) is 3.23. The van der Waals surface area contributed by atoms with Gasteiger partial charge in [-0.25, -0.2) is 0 Å².